The highest BCUT2D eigenvalue weighted by Gasteiger charge is 2.41. The zero-order chi connectivity index (χ0) is 24.2. The van der Waals surface area contributed by atoms with Gasteiger partial charge in [-0.15, -0.1) is 0 Å². The van der Waals surface area contributed by atoms with Gasteiger partial charge in [0.2, 0.25) is 11.8 Å². The summed E-state index contributed by atoms with van der Waals surface area (Å²) in [6, 6.07) is 5.71. The third-order valence-corrected chi connectivity index (χ3v) is 6.27. The quantitative estimate of drug-likeness (QED) is 0.653. The number of nitrogens with one attached hydrogen (secondary N) is 2. The maximum absolute atomic E-state index is 13.6. The molecule has 9 heteroatoms. The lowest BCUT2D eigenvalue weighted by atomic mass is 9.77. The Labute approximate surface area is 191 Å². The zero-order valence-corrected chi connectivity index (χ0v) is 19.3. The number of aromatic nitrogens is 1. The minimum Gasteiger partial charge on any atom is -0.345 e. The van der Waals surface area contributed by atoms with Crippen molar-refractivity contribution in [1.82, 2.24) is 20.5 Å². The highest BCUT2D eigenvalue weighted by atomic mass is 19.4. The van der Waals surface area contributed by atoms with E-state index < -0.39 is 17.3 Å². The third-order valence-electron chi connectivity index (χ3n) is 6.27. The maximum atomic E-state index is 13.6. The number of carbonyl (C=O) groups is 2. The number of benzene rings is 1. The van der Waals surface area contributed by atoms with Gasteiger partial charge >= 0.3 is 6.18 Å². The second-order valence-electron chi connectivity index (χ2n) is 8.69. The Morgan fingerprint density at radius 1 is 1.21 bits per heavy atom. The van der Waals surface area contributed by atoms with Crippen LogP contribution in [0.25, 0.3) is 10.9 Å². The predicted molar refractivity (Wildman–Crippen MR) is 120 cm³/mol. The molecule has 1 aromatic carbocycles. The van der Waals surface area contributed by atoms with Crippen LogP contribution in [0, 0.1) is 5.92 Å². The van der Waals surface area contributed by atoms with E-state index in [1.54, 1.807) is 17.0 Å². The van der Waals surface area contributed by atoms with Crippen molar-refractivity contribution in [3.8, 4) is 0 Å². The Morgan fingerprint density at radius 2 is 1.94 bits per heavy atom. The van der Waals surface area contributed by atoms with Crippen LogP contribution in [0.1, 0.15) is 51.2 Å². The molecule has 1 aliphatic rings. The van der Waals surface area contributed by atoms with Gasteiger partial charge in [0.05, 0.1) is 16.6 Å². The van der Waals surface area contributed by atoms with E-state index in [4.69, 9.17) is 0 Å². The molecule has 33 heavy (non-hydrogen) atoms. The molecule has 2 N–H and O–H groups in total. The number of fused-ring (bicyclic) bond motifs is 1. The van der Waals surface area contributed by atoms with Gasteiger partial charge in [0, 0.05) is 44.1 Å². The van der Waals surface area contributed by atoms with Crippen LogP contribution in [0.15, 0.2) is 30.5 Å². The first kappa shape index (κ1) is 25.0. The normalized spacial score (nSPS) is 21.1. The molecule has 180 valence electrons. The van der Waals surface area contributed by atoms with Crippen LogP contribution < -0.4 is 10.6 Å². The van der Waals surface area contributed by atoms with Gasteiger partial charge in [0.1, 0.15) is 0 Å². The van der Waals surface area contributed by atoms with Gasteiger partial charge in [0.15, 0.2) is 0 Å². The number of hydrogen-bond acceptors (Lipinski definition) is 4. The van der Waals surface area contributed by atoms with E-state index >= 15 is 0 Å². The fourth-order valence-electron chi connectivity index (χ4n) is 4.74. The van der Waals surface area contributed by atoms with Crippen molar-refractivity contribution in [1.29, 1.82) is 0 Å². The van der Waals surface area contributed by atoms with Crippen molar-refractivity contribution in [2.45, 2.75) is 51.7 Å². The number of piperidine rings is 1. The number of rotatable bonds is 7. The van der Waals surface area contributed by atoms with Crippen molar-refractivity contribution in [2.24, 2.45) is 5.92 Å². The fourth-order valence-corrected chi connectivity index (χ4v) is 4.74. The van der Waals surface area contributed by atoms with E-state index in [0.29, 0.717) is 37.0 Å². The van der Waals surface area contributed by atoms with E-state index in [9.17, 15) is 22.8 Å². The Hall–Kier alpha value is -2.68. The van der Waals surface area contributed by atoms with Gasteiger partial charge in [-0.1, -0.05) is 19.1 Å². The minimum absolute atomic E-state index is 0.0162. The Morgan fingerprint density at radius 3 is 2.58 bits per heavy atom. The van der Waals surface area contributed by atoms with E-state index in [1.165, 1.54) is 12.3 Å². The van der Waals surface area contributed by atoms with Crippen LogP contribution in [0.4, 0.5) is 13.2 Å². The van der Waals surface area contributed by atoms with Crippen molar-refractivity contribution >= 4 is 22.7 Å². The molecule has 0 bridgehead atoms. The number of amides is 2. The number of hydrogen-bond donors (Lipinski definition) is 2. The van der Waals surface area contributed by atoms with Gasteiger partial charge in [0.25, 0.3) is 0 Å². The molecular weight excluding hydrogens is 433 g/mol. The number of halogens is 3. The number of nitrogens with zero attached hydrogens (tertiary/aromatic N) is 2. The van der Waals surface area contributed by atoms with E-state index in [1.807, 2.05) is 20.8 Å². The standard InChI is InChI=1S/C24H31F3N4O2/c1-4-31(5-2)21(33)11-10-20(32)30-23(13-16(3)14-28-15-23)18-8-9-19(24(25,26)27)22-17(18)7-6-12-29-22/h6-9,12,16,28H,4-5,10-11,13-15H2,1-3H3,(H,30,32)/t16-,23-/m0/s1. The molecule has 3 rings (SSSR count). The second-order valence-corrected chi connectivity index (χ2v) is 8.69. The fraction of sp³-hybridized carbons (Fsp3) is 0.542. The lowest BCUT2D eigenvalue weighted by Gasteiger charge is -2.42. The summed E-state index contributed by atoms with van der Waals surface area (Å²) in [6.45, 7) is 8.07. The largest absolute Gasteiger partial charge is 0.418 e. The molecule has 1 aromatic heterocycles. The van der Waals surface area contributed by atoms with Crippen LogP contribution in [-0.4, -0.2) is 47.9 Å². The molecule has 1 aliphatic heterocycles. The highest BCUT2D eigenvalue weighted by molar-refractivity contribution is 5.88. The molecular formula is C24H31F3N4O2. The summed E-state index contributed by atoms with van der Waals surface area (Å²) in [5.41, 5.74) is -1.24. The van der Waals surface area contributed by atoms with E-state index in [-0.39, 0.29) is 36.1 Å². The summed E-state index contributed by atoms with van der Waals surface area (Å²) in [5.74, 6) is -0.211. The topological polar surface area (TPSA) is 74.3 Å². The summed E-state index contributed by atoms with van der Waals surface area (Å²) in [5, 5.41) is 6.75. The molecule has 2 atom stereocenters. The molecule has 0 aliphatic carbocycles. The lowest BCUT2D eigenvalue weighted by molar-refractivity contribution is -0.136. The first-order chi connectivity index (χ1) is 15.6. The summed E-state index contributed by atoms with van der Waals surface area (Å²) in [4.78, 5) is 31.0. The number of alkyl halides is 3. The highest BCUT2D eigenvalue weighted by Crippen LogP contribution is 2.40. The molecule has 0 saturated carbocycles. The molecule has 6 nitrogen and oxygen atoms in total. The Balaban J connectivity index is 1.96. The minimum atomic E-state index is -4.54. The van der Waals surface area contributed by atoms with Crippen molar-refractivity contribution in [2.75, 3.05) is 26.2 Å². The Bertz CT molecular complexity index is 1010. The molecule has 1 fully saturated rings. The molecule has 0 spiro atoms. The van der Waals surface area contributed by atoms with E-state index in [0.717, 1.165) is 12.6 Å². The average molecular weight is 465 g/mol. The third kappa shape index (κ3) is 5.46. The van der Waals surface area contributed by atoms with Gasteiger partial charge in [-0.2, -0.15) is 13.2 Å². The van der Waals surface area contributed by atoms with Crippen molar-refractivity contribution in [3.63, 3.8) is 0 Å². The van der Waals surface area contributed by atoms with Gasteiger partial charge in [-0.25, -0.2) is 0 Å². The van der Waals surface area contributed by atoms with Crippen molar-refractivity contribution in [3.05, 3.63) is 41.6 Å². The van der Waals surface area contributed by atoms with Gasteiger partial charge in [-0.05, 0) is 50.4 Å². The zero-order valence-electron chi connectivity index (χ0n) is 19.3. The van der Waals surface area contributed by atoms with Crippen LogP contribution in [0.3, 0.4) is 0 Å². The summed E-state index contributed by atoms with van der Waals surface area (Å²) >= 11 is 0. The molecule has 2 heterocycles. The van der Waals surface area contributed by atoms with E-state index in [2.05, 4.69) is 15.6 Å². The molecule has 1 saturated heterocycles. The van der Waals surface area contributed by atoms with Crippen LogP contribution >= 0.6 is 0 Å². The Kier molecular flexibility index (Phi) is 7.62. The monoisotopic (exact) mass is 464 g/mol. The lowest BCUT2D eigenvalue weighted by Crippen LogP contribution is -2.57. The smallest absolute Gasteiger partial charge is 0.345 e. The van der Waals surface area contributed by atoms with Crippen LogP contribution in [0.2, 0.25) is 0 Å². The van der Waals surface area contributed by atoms with Gasteiger partial charge in [-0.3, -0.25) is 14.6 Å². The first-order valence-corrected chi connectivity index (χ1v) is 11.4. The SMILES string of the molecule is CCN(CC)C(=O)CCC(=O)N[C@]1(c2ccc(C(F)(F)F)c3ncccc23)CNC[C@@H](C)C1. The molecule has 0 unspecified atom stereocenters. The summed E-state index contributed by atoms with van der Waals surface area (Å²) < 4.78 is 40.8. The predicted octanol–water partition coefficient (Wildman–Crippen LogP) is 3.84. The molecule has 2 aromatic rings. The summed E-state index contributed by atoms with van der Waals surface area (Å²) in [7, 11) is 0. The van der Waals surface area contributed by atoms with Crippen molar-refractivity contribution < 1.29 is 22.8 Å². The molecule has 0 radical (unpaired) electrons. The average Bonchev–Trinajstić information content (AvgIpc) is 2.77. The maximum Gasteiger partial charge on any atom is 0.418 e. The van der Waals surface area contributed by atoms with Gasteiger partial charge < -0.3 is 15.5 Å². The number of carbonyl (C=O) groups excluding carboxylic acids is 2. The van der Waals surface area contributed by atoms with Crippen LogP contribution in [0.5, 0.6) is 0 Å². The molecule has 2 amide bonds. The second kappa shape index (κ2) is 10.1. The first-order valence-electron chi connectivity index (χ1n) is 11.4. The number of pyridine rings is 1. The summed E-state index contributed by atoms with van der Waals surface area (Å²) in [6.07, 6.45) is -2.53. The van der Waals surface area contributed by atoms with Crippen LogP contribution in [-0.2, 0) is 21.3 Å².